The molecular weight excluding hydrogens is 396 g/mol. The molecule has 1 aromatic carbocycles. The zero-order valence-electron chi connectivity index (χ0n) is 19.4. The monoisotopic (exact) mass is 434 g/mol. The molecule has 0 saturated heterocycles. The van der Waals surface area contributed by atoms with E-state index in [2.05, 4.69) is 33.9 Å². The summed E-state index contributed by atoms with van der Waals surface area (Å²) in [6.45, 7) is 11.7. The van der Waals surface area contributed by atoms with Gasteiger partial charge in [0.25, 0.3) is 0 Å². The molecule has 2 rings (SSSR count). The maximum Gasteiger partial charge on any atom is 0.337 e. The average Bonchev–Trinajstić information content (AvgIpc) is 2.70. The van der Waals surface area contributed by atoms with Crippen LogP contribution < -0.4 is 0 Å². The lowest BCUT2D eigenvalue weighted by Crippen LogP contribution is -2.41. The summed E-state index contributed by atoms with van der Waals surface area (Å²) in [6, 6.07) is 7.42. The third-order valence-electron chi connectivity index (χ3n) is 7.17. The van der Waals surface area contributed by atoms with Crippen molar-refractivity contribution in [3.8, 4) is 0 Å². The van der Waals surface area contributed by atoms with Gasteiger partial charge in [0.05, 0.1) is 18.1 Å². The van der Waals surface area contributed by atoms with Gasteiger partial charge in [-0.25, -0.2) is 4.79 Å². The molecule has 0 bridgehead atoms. The van der Waals surface area contributed by atoms with E-state index in [1.165, 1.54) is 7.11 Å². The minimum Gasteiger partial charge on any atom is -0.481 e. The van der Waals surface area contributed by atoms with Gasteiger partial charge in [0.2, 0.25) is 0 Å². The molecule has 1 N–H and O–H groups in total. The van der Waals surface area contributed by atoms with Crippen LogP contribution in [-0.4, -0.2) is 39.1 Å². The van der Waals surface area contributed by atoms with Crippen molar-refractivity contribution in [3.05, 3.63) is 35.4 Å². The second-order valence-corrected chi connectivity index (χ2v) is 15.0. The van der Waals surface area contributed by atoms with Crippen LogP contribution in [0.25, 0.3) is 0 Å². The Hall–Kier alpha value is -1.66. The molecule has 0 aromatic heterocycles. The first kappa shape index (κ1) is 24.6. The molecule has 5 nitrogen and oxygen atoms in total. The highest BCUT2D eigenvalue weighted by atomic mass is 28.4. The second kappa shape index (κ2) is 9.65. The molecule has 168 valence electrons. The third-order valence-corrected chi connectivity index (χ3v) is 11.7. The number of carbonyl (C=O) groups excluding carboxylic acids is 1. The van der Waals surface area contributed by atoms with Crippen LogP contribution in [-0.2, 0) is 14.0 Å². The predicted octanol–water partition coefficient (Wildman–Crippen LogP) is 6.00. The normalized spacial score (nSPS) is 22.5. The number of carbonyl (C=O) groups is 2. The third kappa shape index (κ3) is 5.73. The number of rotatable bonds is 8. The minimum absolute atomic E-state index is 0.157. The van der Waals surface area contributed by atoms with Gasteiger partial charge in [-0.15, -0.1) is 0 Å². The first-order valence-corrected chi connectivity index (χ1v) is 13.9. The van der Waals surface area contributed by atoms with Crippen LogP contribution >= 0.6 is 0 Å². The Bertz CT molecular complexity index is 735. The molecule has 2 atom stereocenters. The zero-order valence-corrected chi connectivity index (χ0v) is 20.4. The van der Waals surface area contributed by atoms with E-state index in [-0.39, 0.29) is 16.9 Å². The fourth-order valence-electron chi connectivity index (χ4n) is 4.14. The van der Waals surface area contributed by atoms with Gasteiger partial charge in [-0.2, -0.15) is 0 Å². The molecule has 0 amide bonds. The fourth-order valence-corrected chi connectivity index (χ4v) is 5.23. The molecule has 2 unspecified atom stereocenters. The zero-order chi connectivity index (χ0) is 22.6. The maximum absolute atomic E-state index is 12.3. The predicted molar refractivity (Wildman–Crippen MR) is 121 cm³/mol. The summed E-state index contributed by atoms with van der Waals surface area (Å²) in [5.41, 5.74) is 0.926. The van der Waals surface area contributed by atoms with Crippen molar-refractivity contribution in [2.45, 2.75) is 83.3 Å². The van der Waals surface area contributed by atoms with E-state index in [0.29, 0.717) is 25.0 Å². The summed E-state index contributed by atoms with van der Waals surface area (Å²) in [4.78, 5) is 24.0. The number of benzene rings is 1. The molecule has 0 spiro atoms. The molecule has 1 saturated carbocycles. The van der Waals surface area contributed by atoms with Crippen LogP contribution in [0.3, 0.4) is 0 Å². The van der Waals surface area contributed by atoms with Crippen molar-refractivity contribution >= 4 is 20.3 Å². The molecule has 1 aliphatic carbocycles. The van der Waals surface area contributed by atoms with E-state index in [4.69, 9.17) is 9.16 Å². The highest BCUT2D eigenvalue weighted by Gasteiger charge is 2.43. The number of carboxylic acid groups (broad SMARTS) is 1. The Balaban J connectivity index is 2.04. The molecule has 1 fully saturated rings. The summed E-state index contributed by atoms with van der Waals surface area (Å²) < 4.78 is 11.0. The van der Waals surface area contributed by atoms with E-state index >= 15 is 0 Å². The summed E-state index contributed by atoms with van der Waals surface area (Å²) in [6.07, 6.45) is 4.66. The SMILES string of the molecule is COC(=O)c1ccc(C2CCCC(CCCO[Si](C)(C)C(C)(C)C)(C(=O)O)C2)cc1. The van der Waals surface area contributed by atoms with Crippen molar-refractivity contribution in [1.82, 2.24) is 0 Å². The van der Waals surface area contributed by atoms with Crippen LogP contribution in [0.15, 0.2) is 24.3 Å². The summed E-state index contributed by atoms with van der Waals surface area (Å²) in [5.74, 6) is -0.847. The number of ether oxygens (including phenoxy) is 1. The number of methoxy groups -OCH3 is 1. The molecule has 0 aliphatic heterocycles. The molecule has 30 heavy (non-hydrogen) atoms. The van der Waals surface area contributed by atoms with Crippen molar-refractivity contribution in [1.29, 1.82) is 0 Å². The average molecular weight is 435 g/mol. The molecule has 0 radical (unpaired) electrons. The summed E-state index contributed by atoms with van der Waals surface area (Å²) in [5, 5.41) is 10.3. The van der Waals surface area contributed by atoms with Gasteiger partial charge >= 0.3 is 11.9 Å². The first-order valence-electron chi connectivity index (χ1n) is 11.0. The Labute approximate surface area is 182 Å². The Morgan fingerprint density at radius 2 is 1.83 bits per heavy atom. The molecule has 6 heteroatoms. The fraction of sp³-hybridized carbons (Fsp3) is 0.667. The second-order valence-electron chi connectivity index (χ2n) is 10.2. The maximum atomic E-state index is 12.3. The number of carboxylic acids is 1. The highest BCUT2D eigenvalue weighted by molar-refractivity contribution is 6.74. The Morgan fingerprint density at radius 3 is 2.37 bits per heavy atom. The first-order chi connectivity index (χ1) is 13.9. The van der Waals surface area contributed by atoms with Crippen LogP contribution in [0.2, 0.25) is 18.1 Å². The van der Waals surface area contributed by atoms with Gasteiger partial charge < -0.3 is 14.3 Å². The van der Waals surface area contributed by atoms with Gasteiger partial charge in [0, 0.05) is 6.61 Å². The van der Waals surface area contributed by atoms with Crippen molar-refractivity contribution in [2.75, 3.05) is 13.7 Å². The van der Waals surface area contributed by atoms with Gasteiger partial charge in [0.1, 0.15) is 0 Å². The van der Waals surface area contributed by atoms with E-state index < -0.39 is 19.7 Å². The Kier molecular flexibility index (Phi) is 7.91. The number of esters is 1. The smallest absolute Gasteiger partial charge is 0.337 e. The lowest BCUT2D eigenvalue weighted by atomic mass is 9.66. The Morgan fingerprint density at radius 1 is 1.20 bits per heavy atom. The van der Waals surface area contributed by atoms with Crippen LogP contribution in [0.1, 0.15) is 81.1 Å². The lowest BCUT2D eigenvalue weighted by molar-refractivity contribution is -0.152. The number of hydrogen-bond acceptors (Lipinski definition) is 4. The number of hydrogen-bond donors (Lipinski definition) is 1. The van der Waals surface area contributed by atoms with Gasteiger partial charge in [0.15, 0.2) is 8.32 Å². The van der Waals surface area contributed by atoms with Crippen LogP contribution in [0.5, 0.6) is 0 Å². The van der Waals surface area contributed by atoms with Crippen molar-refractivity contribution in [3.63, 3.8) is 0 Å². The molecule has 1 aromatic rings. The largest absolute Gasteiger partial charge is 0.481 e. The van der Waals surface area contributed by atoms with E-state index in [9.17, 15) is 14.7 Å². The highest BCUT2D eigenvalue weighted by Crippen LogP contribution is 2.47. The summed E-state index contributed by atoms with van der Waals surface area (Å²) in [7, 11) is -0.444. The molecular formula is C24H38O5Si. The van der Waals surface area contributed by atoms with E-state index in [0.717, 1.165) is 31.2 Å². The van der Waals surface area contributed by atoms with Gasteiger partial charge in [-0.1, -0.05) is 39.3 Å². The quantitative estimate of drug-likeness (QED) is 0.308. The topological polar surface area (TPSA) is 72.8 Å². The number of aliphatic carboxylic acids is 1. The minimum atomic E-state index is -1.81. The lowest BCUT2D eigenvalue weighted by Gasteiger charge is -2.39. The standard InChI is InChI=1S/C24H38O5Si/c1-23(2,3)30(5,6)29-16-8-15-24(22(26)27)14-7-9-20(17-24)18-10-12-19(13-11-18)21(25)28-4/h10-13,20H,7-9,14-17H2,1-6H3,(H,26,27). The summed E-state index contributed by atoms with van der Waals surface area (Å²) >= 11 is 0. The molecule has 0 heterocycles. The van der Waals surface area contributed by atoms with Crippen molar-refractivity contribution < 1.29 is 23.9 Å². The van der Waals surface area contributed by atoms with Gasteiger partial charge in [-0.05, 0) is 73.9 Å². The van der Waals surface area contributed by atoms with Crippen LogP contribution in [0, 0.1) is 5.41 Å². The van der Waals surface area contributed by atoms with Crippen molar-refractivity contribution in [2.24, 2.45) is 5.41 Å². The van der Waals surface area contributed by atoms with Crippen LogP contribution in [0.4, 0.5) is 0 Å². The van der Waals surface area contributed by atoms with E-state index in [1.54, 1.807) is 12.1 Å². The van der Waals surface area contributed by atoms with Gasteiger partial charge in [-0.3, -0.25) is 4.79 Å². The van der Waals surface area contributed by atoms with E-state index in [1.807, 2.05) is 12.1 Å². The molecule has 1 aliphatic rings.